The van der Waals surface area contributed by atoms with Crippen LogP contribution in [0, 0.1) is 0 Å². The lowest BCUT2D eigenvalue weighted by atomic mass is 10.2. The van der Waals surface area contributed by atoms with Crippen molar-refractivity contribution in [3.05, 3.63) is 86.9 Å². The fraction of sp³-hybridized carbons (Fsp3) is 0.143. The van der Waals surface area contributed by atoms with Crippen LogP contribution >= 0.6 is 34.8 Å². The fourth-order valence-corrected chi connectivity index (χ4v) is 3.16. The minimum absolute atomic E-state index is 0.304. The summed E-state index contributed by atoms with van der Waals surface area (Å²) in [6.45, 7) is 0.890. The number of methoxy groups -OCH3 is 1. The van der Waals surface area contributed by atoms with E-state index in [9.17, 15) is 0 Å². The molecular formula is C21H18Cl3NO2. The molecule has 0 radical (unpaired) electrons. The summed E-state index contributed by atoms with van der Waals surface area (Å²) >= 11 is 18.5. The van der Waals surface area contributed by atoms with Crippen LogP contribution in [-0.4, -0.2) is 7.11 Å². The van der Waals surface area contributed by atoms with Gasteiger partial charge in [0, 0.05) is 27.8 Å². The minimum Gasteiger partial charge on any atom is -0.493 e. The van der Waals surface area contributed by atoms with Crippen molar-refractivity contribution in [3.63, 3.8) is 0 Å². The van der Waals surface area contributed by atoms with Gasteiger partial charge in [-0.25, -0.2) is 0 Å². The second-order valence-electron chi connectivity index (χ2n) is 5.85. The van der Waals surface area contributed by atoms with Gasteiger partial charge in [0.2, 0.25) is 0 Å². The molecule has 0 bridgehead atoms. The lowest BCUT2D eigenvalue weighted by molar-refractivity contribution is 0.284. The highest BCUT2D eigenvalue weighted by molar-refractivity contribution is 6.32. The highest BCUT2D eigenvalue weighted by atomic mass is 35.5. The maximum atomic E-state index is 6.44. The van der Waals surface area contributed by atoms with Gasteiger partial charge in [0.25, 0.3) is 0 Å². The summed E-state index contributed by atoms with van der Waals surface area (Å²) in [6, 6.07) is 18.8. The van der Waals surface area contributed by atoms with Crippen molar-refractivity contribution in [2.45, 2.75) is 13.2 Å². The Bertz CT molecular complexity index is 914. The number of hydrogen-bond acceptors (Lipinski definition) is 3. The van der Waals surface area contributed by atoms with Crippen LogP contribution in [0.4, 0.5) is 5.69 Å². The van der Waals surface area contributed by atoms with E-state index >= 15 is 0 Å². The molecule has 1 N–H and O–H groups in total. The van der Waals surface area contributed by atoms with Crippen LogP contribution < -0.4 is 14.8 Å². The molecule has 0 aliphatic carbocycles. The van der Waals surface area contributed by atoms with Crippen molar-refractivity contribution >= 4 is 40.5 Å². The highest BCUT2D eigenvalue weighted by Gasteiger charge is 2.13. The third-order valence-electron chi connectivity index (χ3n) is 3.96. The SMILES string of the molecule is COc1cc(CNc2ccc(Cl)cc2)cc(Cl)c1OCc1ccccc1Cl. The fourth-order valence-electron chi connectivity index (χ4n) is 2.55. The number of hydrogen-bond donors (Lipinski definition) is 1. The topological polar surface area (TPSA) is 30.5 Å². The molecule has 3 aromatic carbocycles. The van der Waals surface area contributed by atoms with Crippen LogP contribution in [0.25, 0.3) is 0 Å². The molecular weight excluding hydrogens is 405 g/mol. The van der Waals surface area contributed by atoms with Gasteiger partial charge in [-0.1, -0.05) is 53.0 Å². The zero-order valence-corrected chi connectivity index (χ0v) is 16.9. The van der Waals surface area contributed by atoms with Crippen molar-refractivity contribution in [2.24, 2.45) is 0 Å². The maximum absolute atomic E-state index is 6.44. The standard InChI is InChI=1S/C21H18Cl3NO2/c1-26-20-11-14(12-25-17-8-6-16(22)7-9-17)10-19(24)21(20)27-13-15-4-2-3-5-18(15)23/h2-11,25H,12-13H2,1H3. The van der Waals surface area contributed by atoms with Crippen molar-refractivity contribution < 1.29 is 9.47 Å². The summed E-state index contributed by atoms with van der Waals surface area (Å²) in [7, 11) is 1.59. The lowest BCUT2D eigenvalue weighted by Gasteiger charge is -2.15. The van der Waals surface area contributed by atoms with E-state index in [1.165, 1.54) is 0 Å². The van der Waals surface area contributed by atoms with Crippen molar-refractivity contribution in [2.75, 3.05) is 12.4 Å². The summed E-state index contributed by atoms with van der Waals surface area (Å²) < 4.78 is 11.3. The summed E-state index contributed by atoms with van der Waals surface area (Å²) in [5.74, 6) is 1.07. The predicted octanol–water partition coefficient (Wildman–Crippen LogP) is 6.85. The second-order valence-corrected chi connectivity index (χ2v) is 7.10. The molecule has 140 valence electrons. The van der Waals surface area contributed by atoms with Crippen LogP contribution in [0.2, 0.25) is 15.1 Å². The predicted molar refractivity (Wildman–Crippen MR) is 113 cm³/mol. The number of rotatable bonds is 7. The van der Waals surface area contributed by atoms with E-state index in [0.717, 1.165) is 16.8 Å². The Labute approximate surface area is 173 Å². The third kappa shape index (κ3) is 5.23. The summed E-state index contributed by atoms with van der Waals surface area (Å²) in [5.41, 5.74) is 2.82. The normalized spacial score (nSPS) is 10.5. The monoisotopic (exact) mass is 421 g/mol. The van der Waals surface area contributed by atoms with Gasteiger partial charge in [0.05, 0.1) is 12.1 Å². The smallest absolute Gasteiger partial charge is 0.180 e. The van der Waals surface area contributed by atoms with Gasteiger partial charge >= 0.3 is 0 Å². The summed E-state index contributed by atoms with van der Waals surface area (Å²) in [4.78, 5) is 0. The van der Waals surface area contributed by atoms with E-state index in [4.69, 9.17) is 44.3 Å². The van der Waals surface area contributed by atoms with Gasteiger partial charge in [0.1, 0.15) is 6.61 Å². The van der Waals surface area contributed by atoms with E-state index in [-0.39, 0.29) is 0 Å². The molecule has 27 heavy (non-hydrogen) atoms. The Morgan fingerprint density at radius 1 is 0.889 bits per heavy atom. The molecule has 0 heterocycles. The molecule has 0 amide bonds. The molecule has 6 heteroatoms. The van der Waals surface area contributed by atoms with Crippen molar-refractivity contribution in [1.29, 1.82) is 0 Å². The molecule has 0 unspecified atom stereocenters. The third-order valence-corrected chi connectivity index (χ3v) is 4.86. The highest BCUT2D eigenvalue weighted by Crippen LogP contribution is 2.37. The minimum atomic E-state index is 0.304. The molecule has 0 aliphatic rings. The van der Waals surface area contributed by atoms with Crippen LogP contribution in [0.1, 0.15) is 11.1 Å². The zero-order chi connectivity index (χ0) is 19.2. The molecule has 0 aliphatic heterocycles. The second kappa shape index (κ2) is 9.23. The van der Waals surface area contributed by atoms with Crippen LogP contribution in [0.3, 0.4) is 0 Å². The van der Waals surface area contributed by atoms with E-state index in [2.05, 4.69) is 5.32 Å². The Morgan fingerprint density at radius 2 is 1.63 bits per heavy atom. The molecule has 0 saturated carbocycles. The largest absolute Gasteiger partial charge is 0.493 e. The number of benzene rings is 3. The van der Waals surface area contributed by atoms with Crippen molar-refractivity contribution in [3.8, 4) is 11.5 Å². The molecule has 0 saturated heterocycles. The first kappa shape index (κ1) is 19.7. The number of halogens is 3. The summed E-state index contributed by atoms with van der Waals surface area (Å²) in [6.07, 6.45) is 0. The quantitative estimate of drug-likeness (QED) is 0.452. The number of nitrogens with one attached hydrogen (secondary N) is 1. The molecule has 3 nitrogen and oxygen atoms in total. The molecule has 0 fully saturated rings. The van der Waals surface area contributed by atoms with E-state index in [1.54, 1.807) is 7.11 Å². The average molecular weight is 423 g/mol. The van der Waals surface area contributed by atoms with Crippen LogP contribution in [-0.2, 0) is 13.2 Å². The molecule has 0 aromatic heterocycles. The van der Waals surface area contributed by atoms with Crippen LogP contribution in [0.5, 0.6) is 11.5 Å². The first-order valence-corrected chi connectivity index (χ1v) is 9.42. The van der Waals surface area contributed by atoms with Gasteiger partial charge < -0.3 is 14.8 Å². The zero-order valence-electron chi connectivity index (χ0n) is 14.6. The number of anilines is 1. The Kier molecular flexibility index (Phi) is 6.73. The van der Waals surface area contributed by atoms with E-state index < -0.39 is 0 Å². The van der Waals surface area contributed by atoms with Gasteiger partial charge in [-0.05, 0) is 48.0 Å². The van der Waals surface area contributed by atoms with Crippen LogP contribution in [0.15, 0.2) is 60.7 Å². The number of ether oxygens (including phenoxy) is 2. The summed E-state index contributed by atoms with van der Waals surface area (Å²) in [5, 5.41) is 5.15. The molecule has 0 atom stereocenters. The van der Waals surface area contributed by atoms with Gasteiger partial charge in [-0.3, -0.25) is 0 Å². The molecule has 3 rings (SSSR count). The van der Waals surface area contributed by atoms with Gasteiger partial charge in [-0.15, -0.1) is 0 Å². The Hall–Kier alpha value is -2.07. The lowest BCUT2D eigenvalue weighted by Crippen LogP contribution is -2.03. The first-order valence-electron chi connectivity index (χ1n) is 8.29. The average Bonchev–Trinajstić information content (AvgIpc) is 2.67. The van der Waals surface area contributed by atoms with E-state index in [0.29, 0.717) is 39.7 Å². The Morgan fingerprint density at radius 3 is 2.33 bits per heavy atom. The first-order chi connectivity index (χ1) is 13.1. The van der Waals surface area contributed by atoms with Gasteiger partial charge in [0.15, 0.2) is 11.5 Å². The Balaban J connectivity index is 1.72. The van der Waals surface area contributed by atoms with Crippen molar-refractivity contribution in [1.82, 2.24) is 0 Å². The van der Waals surface area contributed by atoms with E-state index in [1.807, 2.05) is 60.7 Å². The molecule has 3 aromatic rings. The molecule has 0 spiro atoms. The van der Waals surface area contributed by atoms with Gasteiger partial charge in [-0.2, -0.15) is 0 Å². The maximum Gasteiger partial charge on any atom is 0.180 e.